The van der Waals surface area contributed by atoms with E-state index in [1.54, 1.807) is 0 Å². The molecule has 1 heterocycles. The quantitative estimate of drug-likeness (QED) is 0.482. The normalized spacial score (nSPS) is 15.5. The predicted octanol–water partition coefficient (Wildman–Crippen LogP) is 1.61. The summed E-state index contributed by atoms with van der Waals surface area (Å²) in [4.78, 5) is 20.9. The van der Waals surface area contributed by atoms with Gasteiger partial charge in [-0.25, -0.2) is 3.93 Å². The van der Waals surface area contributed by atoms with Crippen LogP contribution in [0.3, 0.4) is 0 Å². The summed E-state index contributed by atoms with van der Waals surface area (Å²) in [5.41, 5.74) is 0. The molecule has 13 heavy (non-hydrogen) atoms. The Kier molecular flexibility index (Phi) is 5.31. The monoisotopic (exact) mass is 246 g/mol. The summed E-state index contributed by atoms with van der Waals surface area (Å²) in [5.74, 6) is -0.0972. The van der Waals surface area contributed by atoms with Gasteiger partial charge in [0, 0.05) is 18.8 Å². The maximum Gasteiger partial charge on any atom is 0.239 e. The van der Waals surface area contributed by atoms with Gasteiger partial charge >= 0.3 is 0 Å². The number of carbonyl (C=O) groups excluding carboxylic acids is 2. The fourth-order valence-corrected chi connectivity index (χ4v) is 0.904. The Balaban J connectivity index is 0.000000252. The predicted molar refractivity (Wildman–Crippen MR) is 50.5 cm³/mol. The zero-order valence-electron chi connectivity index (χ0n) is 7.58. The highest BCUT2D eigenvalue weighted by atomic mass is 79.9. The van der Waals surface area contributed by atoms with Gasteiger partial charge in [-0.2, -0.15) is 5.26 Å². The molecule has 0 aliphatic carbocycles. The van der Waals surface area contributed by atoms with Crippen LogP contribution in [0.2, 0.25) is 0 Å². The van der Waals surface area contributed by atoms with Crippen LogP contribution in [0.25, 0.3) is 0 Å². The fourth-order valence-electron chi connectivity index (χ4n) is 0.549. The molecular formula is C8H11BrN2O2. The van der Waals surface area contributed by atoms with E-state index in [1.165, 1.54) is 0 Å². The first-order chi connectivity index (χ1) is 5.99. The van der Waals surface area contributed by atoms with Crippen LogP contribution in [0, 0.1) is 17.2 Å². The SMILES string of the molecule is CC(C)C#N.O=C1CCC(=O)N1Br. The number of nitrogens with zero attached hydrogens (tertiary/aromatic N) is 2. The Hall–Kier alpha value is -0.890. The van der Waals surface area contributed by atoms with Crippen LogP contribution in [0.15, 0.2) is 0 Å². The molecule has 0 aromatic heterocycles. The van der Waals surface area contributed by atoms with Gasteiger partial charge in [0.25, 0.3) is 0 Å². The molecule has 2 amide bonds. The molecular weight excluding hydrogens is 236 g/mol. The van der Waals surface area contributed by atoms with E-state index in [1.807, 2.05) is 19.9 Å². The lowest BCUT2D eigenvalue weighted by Gasteiger charge is -1.97. The number of nitriles is 1. The fraction of sp³-hybridized carbons (Fsp3) is 0.625. The minimum atomic E-state index is -0.144. The highest BCUT2D eigenvalue weighted by molar-refractivity contribution is 9.08. The number of imide groups is 1. The molecule has 1 fully saturated rings. The minimum Gasteiger partial charge on any atom is -0.274 e. The van der Waals surface area contributed by atoms with Gasteiger partial charge < -0.3 is 0 Å². The zero-order valence-corrected chi connectivity index (χ0v) is 9.17. The first-order valence-electron chi connectivity index (χ1n) is 3.90. The van der Waals surface area contributed by atoms with Crippen LogP contribution in [0.5, 0.6) is 0 Å². The van der Waals surface area contributed by atoms with Crippen molar-refractivity contribution in [1.29, 1.82) is 5.26 Å². The summed E-state index contributed by atoms with van der Waals surface area (Å²) < 4.78 is 0.979. The van der Waals surface area contributed by atoms with E-state index in [4.69, 9.17) is 5.26 Å². The highest BCUT2D eigenvalue weighted by Gasteiger charge is 2.26. The molecule has 1 aliphatic rings. The molecule has 0 spiro atoms. The second-order valence-electron chi connectivity index (χ2n) is 2.85. The number of halogens is 1. The molecule has 1 saturated heterocycles. The second kappa shape index (κ2) is 5.70. The second-order valence-corrected chi connectivity index (χ2v) is 3.56. The van der Waals surface area contributed by atoms with Crippen molar-refractivity contribution in [2.45, 2.75) is 26.7 Å². The average Bonchev–Trinajstić information content (AvgIpc) is 2.37. The lowest BCUT2D eigenvalue weighted by molar-refractivity contribution is -0.131. The van der Waals surface area contributed by atoms with E-state index < -0.39 is 0 Å². The molecule has 72 valence electrons. The highest BCUT2D eigenvalue weighted by Crippen LogP contribution is 2.14. The van der Waals surface area contributed by atoms with E-state index in [2.05, 4.69) is 16.1 Å². The molecule has 4 nitrogen and oxygen atoms in total. The van der Waals surface area contributed by atoms with Gasteiger partial charge in [0.05, 0.1) is 22.2 Å². The van der Waals surface area contributed by atoms with Crippen LogP contribution in [-0.4, -0.2) is 15.7 Å². The molecule has 5 heteroatoms. The Labute approximate surface area is 85.8 Å². The van der Waals surface area contributed by atoms with Gasteiger partial charge in [-0.1, -0.05) is 0 Å². The van der Waals surface area contributed by atoms with Crippen LogP contribution in [0.4, 0.5) is 0 Å². The molecule has 1 aliphatic heterocycles. The smallest absolute Gasteiger partial charge is 0.239 e. The van der Waals surface area contributed by atoms with Gasteiger partial charge in [0.1, 0.15) is 0 Å². The minimum absolute atomic E-state index is 0.144. The lowest BCUT2D eigenvalue weighted by atomic mass is 10.3. The van der Waals surface area contributed by atoms with E-state index in [9.17, 15) is 9.59 Å². The third-order valence-corrected chi connectivity index (χ3v) is 2.04. The summed E-state index contributed by atoms with van der Waals surface area (Å²) in [7, 11) is 0. The van der Waals surface area contributed by atoms with Gasteiger partial charge in [-0.05, 0) is 13.8 Å². The first-order valence-corrected chi connectivity index (χ1v) is 4.61. The van der Waals surface area contributed by atoms with Crippen LogP contribution in [-0.2, 0) is 9.59 Å². The molecule has 1 rings (SSSR count). The van der Waals surface area contributed by atoms with Crippen molar-refractivity contribution in [3.8, 4) is 6.07 Å². The summed E-state index contributed by atoms with van der Waals surface area (Å²) in [5, 5.41) is 7.89. The van der Waals surface area contributed by atoms with Gasteiger partial charge in [-0.3, -0.25) is 9.59 Å². The van der Waals surface area contributed by atoms with Gasteiger partial charge in [-0.15, -0.1) is 0 Å². The summed E-state index contributed by atoms with van der Waals surface area (Å²) in [6.45, 7) is 3.72. The standard InChI is InChI=1S/C4H4BrNO2.C4H7N/c5-6-3(7)1-2-4(6)8;1-4(2)3-5/h1-2H2;4H,1-2H3. The molecule has 0 radical (unpaired) electrons. The van der Waals surface area contributed by atoms with E-state index >= 15 is 0 Å². The van der Waals surface area contributed by atoms with Crippen LogP contribution >= 0.6 is 16.1 Å². The van der Waals surface area contributed by atoms with Crippen LogP contribution in [0.1, 0.15) is 26.7 Å². The number of hydrogen-bond donors (Lipinski definition) is 0. The number of carbonyl (C=O) groups is 2. The van der Waals surface area contributed by atoms with E-state index in [0.29, 0.717) is 12.8 Å². The number of hydrogen-bond acceptors (Lipinski definition) is 3. The van der Waals surface area contributed by atoms with Crippen molar-refractivity contribution < 1.29 is 9.59 Å². The van der Waals surface area contributed by atoms with E-state index in [0.717, 1.165) is 3.93 Å². The lowest BCUT2D eigenvalue weighted by Crippen LogP contribution is -2.16. The van der Waals surface area contributed by atoms with Crippen molar-refractivity contribution in [1.82, 2.24) is 3.93 Å². The van der Waals surface area contributed by atoms with Crippen molar-refractivity contribution >= 4 is 28.0 Å². The third-order valence-electron chi connectivity index (χ3n) is 1.25. The first kappa shape index (κ1) is 12.1. The summed E-state index contributed by atoms with van der Waals surface area (Å²) >= 11 is 2.80. The Morgan fingerprint density at radius 1 is 1.38 bits per heavy atom. The van der Waals surface area contributed by atoms with Gasteiger partial charge in [0.15, 0.2) is 0 Å². The molecule has 0 aromatic carbocycles. The molecule has 0 aromatic rings. The largest absolute Gasteiger partial charge is 0.274 e. The molecule has 0 atom stereocenters. The summed E-state index contributed by atoms with van der Waals surface area (Å²) in [6, 6.07) is 2.03. The molecule has 0 saturated carbocycles. The van der Waals surface area contributed by atoms with E-state index in [-0.39, 0.29) is 17.7 Å². The maximum absolute atomic E-state index is 10.4. The average molecular weight is 247 g/mol. The van der Waals surface area contributed by atoms with Crippen molar-refractivity contribution in [2.75, 3.05) is 0 Å². The zero-order chi connectivity index (χ0) is 10.4. The number of amides is 2. The third kappa shape index (κ3) is 4.63. The van der Waals surface area contributed by atoms with Gasteiger partial charge in [0.2, 0.25) is 11.8 Å². The maximum atomic E-state index is 10.4. The van der Waals surface area contributed by atoms with Crippen molar-refractivity contribution in [3.05, 3.63) is 0 Å². The molecule has 0 unspecified atom stereocenters. The Bertz CT molecular complexity index is 229. The molecule has 0 N–H and O–H groups in total. The van der Waals surface area contributed by atoms with Crippen molar-refractivity contribution in [2.24, 2.45) is 5.92 Å². The topological polar surface area (TPSA) is 61.2 Å². The summed E-state index contributed by atoms with van der Waals surface area (Å²) in [6.07, 6.45) is 0.703. The number of rotatable bonds is 0. The Morgan fingerprint density at radius 2 is 1.69 bits per heavy atom. The van der Waals surface area contributed by atoms with Crippen molar-refractivity contribution in [3.63, 3.8) is 0 Å². The molecule has 0 bridgehead atoms. The Morgan fingerprint density at radius 3 is 1.77 bits per heavy atom. The van der Waals surface area contributed by atoms with Crippen LogP contribution < -0.4 is 0 Å².